The van der Waals surface area contributed by atoms with Crippen molar-refractivity contribution in [1.29, 1.82) is 0 Å². The lowest BCUT2D eigenvalue weighted by atomic mass is 10.2. The highest BCUT2D eigenvalue weighted by molar-refractivity contribution is 7.89. The first-order valence-electron chi connectivity index (χ1n) is 7.91. The highest BCUT2D eigenvalue weighted by Gasteiger charge is 2.27. The molecule has 0 aliphatic rings. The molecule has 0 aliphatic heterocycles. The molecular weight excluding hydrogens is 393 g/mol. The fraction of sp³-hybridized carbons (Fsp3) is 0.235. The van der Waals surface area contributed by atoms with Crippen LogP contribution in [0.4, 0.5) is 15.8 Å². The van der Waals surface area contributed by atoms with Gasteiger partial charge in [-0.1, -0.05) is 6.07 Å². The lowest BCUT2D eigenvalue weighted by Gasteiger charge is -2.19. The van der Waals surface area contributed by atoms with E-state index < -0.39 is 38.1 Å². The summed E-state index contributed by atoms with van der Waals surface area (Å²) in [5.74, 6) is -1.56. The van der Waals surface area contributed by atoms with Crippen molar-refractivity contribution in [1.82, 2.24) is 4.31 Å². The Bertz CT molecular complexity index is 1030. The van der Waals surface area contributed by atoms with E-state index >= 15 is 0 Å². The average Bonchev–Trinajstić information content (AvgIpc) is 2.63. The van der Waals surface area contributed by atoms with Gasteiger partial charge in [-0.25, -0.2) is 12.8 Å². The highest BCUT2D eigenvalue weighted by atomic mass is 32.2. The summed E-state index contributed by atoms with van der Waals surface area (Å²) >= 11 is 0. The maximum Gasteiger partial charge on any atom is 0.271 e. The summed E-state index contributed by atoms with van der Waals surface area (Å²) in [5, 5.41) is 13.3. The van der Waals surface area contributed by atoms with Crippen LogP contribution in [0.1, 0.15) is 5.56 Å². The number of amides is 1. The van der Waals surface area contributed by atoms with Crippen LogP contribution in [0.3, 0.4) is 0 Å². The Hall–Kier alpha value is -3.05. The van der Waals surface area contributed by atoms with Gasteiger partial charge in [0.15, 0.2) is 0 Å². The number of carbonyl (C=O) groups is 1. The number of nitro benzene ring substituents is 1. The van der Waals surface area contributed by atoms with Crippen molar-refractivity contribution >= 4 is 27.3 Å². The van der Waals surface area contributed by atoms with Crippen LogP contribution >= 0.6 is 0 Å². The quantitative estimate of drug-likeness (QED) is 0.552. The molecule has 0 atom stereocenters. The molecular formula is C17H18FN3O6S. The fourth-order valence-corrected chi connectivity index (χ4v) is 3.65. The molecule has 28 heavy (non-hydrogen) atoms. The summed E-state index contributed by atoms with van der Waals surface area (Å²) in [5.41, 5.74) is 0.538. The summed E-state index contributed by atoms with van der Waals surface area (Å²) in [6, 6.07) is 6.95. The number of anilines is 1. The largest absolute Gasteiger partial charge is 0.495 e. The van der Waals surface area contributed by atoms with Gasteiger partial charge in [-0.3, -0.25) is 14.9 Å². The van der Waals surface area contributed by atoms with Crippen LogP contribution in [0.2, 0.25) is 0 Å². The molecule has 11 heteroatoms. The predicted molar refractivity (Wildman–Crippen MR) is 99.2 cm³/mol. The van der Waals surface area contributed by atoms with E-state index in [2.05, 4.69) is 5.32 Å². The number of rotatable bonds is 7. The number of methoxy groups -OCH3 is 1. The molecule has 9 nitrogen and oxygen atoms in total. The smallest absolute Gasteiger partial charge is 0.271 e. The van der Waals surface area contributed by atoms with E-state index in [9.17, 15) is 27.7 Å². The second kappa shape index (κ2) is 8.31. The first kappa shape index (κ1) is 21.3. The molecule has 0 heterocycles. The topological polar surface area (TPSA) is 119 Å². The van der Waals surface area contributed by atoms with Gasteiger partial charge in [0, 0.05) is 19.2 Å². The van der Waals surface area contributed by atoms with Crippen molar-refractivity contribution in [3.63, 3.8) is 0 Å². The van der Waals surface area contributed by atoms with E-state index in [-0.39, 0.29) is 17.1 Å². The van der Waals surface area contributed by atoms with Gasteiger partial charge in [0.2, 0.25) is 15.9 Å². The van der Waals surface area contributed by atoms with E-state index in [1.807, 2.05) is 0 Å². The average molecular weight is 411 g/mol. The number of ether oxygens (including phenoxy) is 1. The minimum absolute atomic E-state index is 0.0665. The Kier molecular flexibility index (Phi) is 6.31. The van der Waals surface area contributed by atoms with E-state index in [4.69, 9.17) is 4.74 Å². The first-order valence-corrected chi connectivity index (χ1v) is 9.35. The van der Waals surface area contributed by atoms with Crippen molar-refractivity contribution in [2.45, 2.75) is 11.8 Å². The van der Waals surface area contributed by atoms with E-state index in [0.717, 1.165) is 23.5 Å². The molecule has 2 aromatic rings. The van der Waals surface area contributed by atoms with Gasteiger partial charge in [-0.15, -0.1) is 0 Å². The zero-order valence-corrected chi connectivity index (χ0v) is 16.1. The number of halogens is 1. The van der Waals surface area contributed by atoms with Crippen LogP contribution in [-0.2, 0) is 14.8 Å². The Morgan fingerprint density at radius 3 is 2.57 bits per heavy atom. The molecule has 2 rings (SSSR count). The monoisotopic (exact) mass is 411 g/mol. The number of hydrogen-bond donors (Lipinski definition) is 1. The normalized spacial score (nSPS) is 11.3. The third-order valence-corrected chi connectivity index (χ3v) is 5.71. The second-order valence-corrected chi connectivity index (χ2v) is 7.87. The Morgan fingerprint density at radius 1 is 1.29 bits per heavy atom. The number of carbonyl (C=O) groups excluding carboxylic acids is 1. The molecule has 0 radical (unpaired) electrons. The van der Waals surface area contributed by atoms with Crippen LogP contribution in [0.25, 0.3) is 0 Å². The number of nitrogens with one attached hydrogen (secondary N) is 1. The van der Waals surface area contributed by atoms with Crippen molar-refractivity contribution in [3.8, 4) is 5.75 Å². The van der Waals surface area contributed by atoms with Crippen molar-refractivity contribution in [3.05, 3.63) is 57.9 Å². The van der Waals surface area contributed by atoms with Gasteiger partial charge in [-0.2, -0.15) is 4.31 Å². The Labute approximate surface area is 160 Å². The summed E-state index contributed by atoms with van der Waals surface area (Å²) in [7, 11) is -1.83. The fourth-order valence-electron chi connectivity index (χ4n) is 2.36. The molecule has 1 N–H and O–H groups in total. The van der Waals surface area contributed by atoms with E-state index in [1.165, 1.54) is 31.4 Å². The Balaban J connectivity index is 2.22. The van der Waals surface area contributed by atoms with Crippen molar-refractivity contribution < 1.29 is 27.3 Å². The van der Waals surface area contributed by atoms with Gasteiger partial charge < -0.3 is 10.1 Å². The number of nitro groups is 1. The summed E-state index contributed by atoms with van der Waals surface area (Å²) in [4.78, 5) is 22.1. The molecule has 0 aliphatic carbocycles. The molecule has 1 amide bonds. The second-order valence-electron chi connectivity index (χ2n) is 5.86. The van der Waals surface area contributed by atoms with Crippen LogP contribution in [0, 0.1) is 22.9 Å². The number of benzene rings is 2. The summed E-state index contributed by atoms with van der Waals surface area (Å²) in [6.07, 6.45) is 0. The molecule has 0 bridgehead atoms. The molecule has 0 saturated heterocycles. The lowest BCUT2D eigenvalue weighted by Crippen LogP contribution is -2.35. The number of likely N-dealkylation sites (N-methyl/N-ethyl adjacent to an activating group) is 1. The molecule has 2 aromatic carbocycles. The number of sulfonamides is 1. The minimum atomic E-state index is -4.22. The van der Waals surface area contributed by atoms with Gasteiger partial charge in [-0.05, 0) is 30.7 Å². The Morgan fingerprint density at radius 2 is 1.96 bits per heavy atom. The predicted octanol–water partition coefficient (Wildman–Crippen LogP) is 2.31. The van der Waals surface area contributed by atoms with Gasteiger partial charge in [0.05, 0.1) is 24.3 Å². The SMILES string of the molecule is COc1ccc(F)cc1S(=O)(=O)N(C)CC(=O)Nc1cc([N+](=O)[O-])ccc1C. The zero-order chi connectivity index (χ0) is 21.1. The van der Waals surface area contributed by atoms with E-state index in [0.29, 0.717) is 5.56 Å². The third kappa shape index (κ3) is 4.61. The molecule has 150 valence electrons. The highest BCUT2D eigenvalue weighted by Crippen LogP contribution is 2.27. The first-order chi connectivity index (χ1) is 13.1. The van der Waals surface area contributed by atoms with Crippen molar-refractivity contribution in [2.75, 3.05) is 26.0 Å². The van der Waals surface area contributed by atoms with Crippen LogP contribution < -0.4 is 10.1 Å². The number of hydrogen-bond acceptors (Lipinski definition) is 6. The summed E-state index contributed by atoms with van der Waals surface area (Å²) < 4.78 is 44.5. The maximum atomic E-state index is 13.5. The molecule has 0 fully saturated rings. The lowest BCUT2D eigenvalue weighted by molar-refractivity contribution is -0.384. The molecule has 0 spiro atoms. The van der Waals surface area contributed by atoms with Gasteiger partial charge in [0.1, 0.15) is 16.5 Å². The number of non-ortho nitro benzene ring substituents is 1. The number of aryl methyl sites for hydroxylation is 1. The standard InChI is InChI=1S/C17H18FN3O6S/c1-11-4-6-13(21(23)24)9-14(11)19-17(22)10-20(2)28(25,26)16-8-12(18)5-7-15(16)27-3/h4-9H,10H2,1-3H3,(H,19,22). The van der Waals surface area contributed by atoms with Gasteiger partial charge in [0.25, 0.3) is 5.69 Å². The van der Waals surface area contributed by atoms with Crippen molar-refractivity contribution in [2.24, 2.45) is 0 Å². The van der Waals surface area contributed by atoms with E-state index in [1.54, 1.807) is 6.92 Å². The molecule has 0 unspecified atom stereocenters. The summed E-state index contributed by atoms with van der Waals surface area (Å²) in [6.45, 7) is 1.04. The molecule has 0 saturated carbocycles. The van der Waals surface area contributed by atoms with Crippen LogP contribution in [0.15, 0.2) is 41.3 Å². The third-order valence-electron chi connectivity index (χ3n) is 3.89. The zero-order valence-electron chi connectivity index (χ0n) is 15.3. The molecule has 0 aromatic heterocycles. The maximum absolute atomic E-state index is 13.5. The van der Waals surface area contributed by atoms with Crippen LogP contribution in [0.5, 0.6) is 5.75 Å². The van der Waals surface area contributed by atoms with Gasteiger partial charge >= 0.3 is 0 Å². The van der Waals surface area contributed by atoms with Crippen LogP contribution in [-0.4, -0.2) is 44.3 Å². The number of nitrogens with zero attached hydrogens (tertiary/aromatic N) is 2. The minimum Gasteiger partial charge on any atom is -0.495 e.